The molecule has 0 fully saturated rings. The lowest BCUT2D eigenvalue weighted by Crippen LogP contribution is -2.25. The van der Waals surface area contributed by atoms with E-state index in [9.17, 15) is 4.79 Å². The standard InChI is InChI=1S/C14H11BrClN3O2/c15-8-3-7(16)1-2-10(8)18-11-5-12-13(4-9(11)17)21-6-14(20)19-12/h1-5,18H,6,17H2,(H,19,20). The van der Waals surface area contributed by atoms with Crippen molar-refractivity contribution < 1.29 is 9.53 Å². The first-order chi connectivity index (χ1) is 10.0. The first kappa shape index (κ1) is 14.0. The van der Waals surface area contributed by atoms with E-state index in [1.165, 1.54) is 0 Å². The molecule has 4 N–H and O–H groups in total. The number of amides is 1. The van der Waals surface area contributed by atoms with E-state index in [2.05, 4.69) is 26.6 Å². The lowest BCUT2D eigenvalue weighted by atomic mass is 10.2. The third-order valence-corrected chi connectivity index (χ3v) is 3.88. The molecule has 1 amide bonds. The highest BCUT2D eigenvalue weighted by atomic mass is 79.9. The Morgan fingerprint density at radius 3 is 2.86 bits per heavy atom. The maximum Gasteiger partial charge on any atom is 0.262 e. The van der Waals surface area contributed by atoms with Crippen molar-refractivity contribution >= 4 is 56.2 Å². The molecule has 0 bridgehead atoms. The molecule has 1 heterocycles. The van der Waals surface area contributed by atoms with Gasteiger partial charge in [0.1, 0.15) is 5.75 Å². The fourth-order valence-corrected chi connectivity index (χ4v) is 2.77. The number of carbonyl (C=O) groups excluding carboxylic acids is 1. The summed E-state index contributed by atoms with van der Waals surface area (Å²) < 4.78 is 6.13. The van der Waals surface area contributed by atoms with Gasteiger partial charge in [-0.05, 0) is 40.2 Å². The number of anilines is 4. The first-order valence-electron chi connectivity index (χ1n) is 6.11. The van der Waals surface area contributed by atoms with Gasteiger partial charge in [0.05, 0.1) is 22.7 Å². The summed E-state index contributed by atoms with van der Waals surface area (Å²) in [5.41, 5.74) is 8.60. The summed E-state index contributed by atoms with van der Waals surface area (Å²) in [6.07, 6.45) is 0. The van der Waals surface area contributed by atoms with Gasteiger partial charge in [0, 0.05) is 15.6 Å². The van der Waals surface area contributed by atoms with E-state index >= 15 is 0 Å². The zero-order chi connectivity index (χ0) is 15.0. The molecule has 1 aliphatic heterocycles. The molecule has 0 saturated heterocycles. The number of hydrogen-bond acceptors (Lipinski definition) is 4. The van der Waals surface area contributed by atoms with Gasteiger partial charge in [-0.2, -0.15) is 0 Å². The van der Waals surface area contributed by atoms with Gasteiger partial charge in [0.2, 0.25) is 0 Å². The number of ether oxygens (including phenoxy) is 1. The minimum Gasteiger partial charge on any atom is -0.482 e. The number of halogens is 2. The van der Waals surface area contributed by atoms with Crippen molar-refractivity contribution in [1.82, 2.24) is 0 Å². The Morgan fingerprint density at radius 1 is 1.29 bits per heavy atom. The monoisotopic (exact) mass is 367 g/mol. The zero-order valence-electron chi connectivity index (χ0n) is 10.7. The molecule has 3 rings (SSSR count). The van der Waals surface area contributed by atoms with Crippen LogP contribution >= 0.6 is 27.5 Å². The van der Waals surface area contributed by atoms with Crippen LogP contribution in [0.1, 0.15) is 0 Å². The number of fused-ring (bicyclic) bond motifs is 1. The van der Waals surface area contributed by atoms with Gasteiger partial charge in [0.25, 0.3) is 5.91 Å². The van der Waals surface area contributed by atoms with Gasteiger partial charge in [-0.1, -0.05) is 11.6 Å². The van der Waals surface area contributed by atoms with Crippen LogP contribution in [0.2, 0.25) is 5.02 Å². The third kappa shape index (κ3) is 2.91. The van der Waals surface area contributed by atoms with E-state index < -0.39 is 0 Å². The van der Waals surface area contributed by atoms with Crippen LogP contribution in [0.3, 0.4) is 0 Å². The second-order valence-corrected chi connectivity index (χ2v) is 5.81. The van der Waals surface area contributed by atoms with Crippen molar-refractivity contribution in [2.45, 2.75) is 0 Å². The number of nitrogen functional groups attached to an aromatic ring is 1. The van der Waals surface area contributed by atoms with E-state index in [-0.39, 0.29) is 12.5 Å². The maximum atomic E-state index is 11.4. The number of hydrogen-bond donors (Lipinski definition) is 3. The van der Waals surface area contributed by atoms with Crippen molar-refractivity contribution in [3.63, 3.8) is 0 Å². The number of carbonyl (C=O) groups is 1. The second kappa shape index (κ2) is 5.46. The van der Waals surface area contributed by atoms with E-state index in [0.717, 1.165) is 10.2 Å². The van der Waals surface area contributed by atoms with Crippen molar-refractivity contribution in [1.29, 1.82) is 0 Å². The minimum absolute atomic E-state index is 0.00193. The van der Waals surface area contributed by atoms with Crippen LogP contribution in [0.25, 0.3) is 0 Å². The Balaban J connectivity index is 1.95. The molecule has 0 radical (unpaired) electrons. The summed E-state index contributed by atoms with van der Waals surface area (Å²) in [5.74, 6) is 0.374. The van der Waals surface area contributed by atoms with Gasteiger partial charge < -0.3 is 21.1 Å². The molecule has 0 aromatic heterocycles. The molecule has 0 saturated carbocycles. The highest BCUT2D eigenvalue weighted by molar-refractivity contribution is 9.10. The van der Waals surface area contributed by atoms with E-state index in [0.29, 0.717) is 27.8 Å². The van der Waals surface area contributed by atoms with E-state index in [1.807, 2.05) is 6.07 Å². The Labute approximate surface area is 134 Å². The lowest BCUT2D eigenvalue weighted by molar-refractivity contribution is -0.118. The topological polar surface area (TPSA) is 76.4 Å². The SMILES string of the molecule is Nc1cc2c(cc1Nc1ccc(Cl)cc1Br)NC(=O)CO2. The first-order valence-corrected chi connectivity index (χ1v) is 7.28. The van der Waals surface area contributed by atoms with E-state index in [1.54, 1.807) is 24.3 Å². The Bertz CT molecular complexity index is 736. The molecule has 2 aromatic carbocycles. The van der Waals surface area contributed by atoms with Crippen LogP contribution in [0.4, 0.5) is 22.7 Å². The summed E-state index contributed by atoms with van der Waals surface area (Å²) in [7, 11) is 0. The largest absolute Gasteiger partial charge is 0.482 e. The lowest BCUT2D eigenvalue weighted by Gasteiger charge is -2.20. The molecule has 0 spiro atoms. The fraction of sp³-hybridized carbons (Fsp3) is 0.0714. The van der Waals surface area contributed by atoms with Crippen LogP contribution in [0.5, 0.6) is 5.75 Å². The maximum absolute atomic E-state index is 11.4. The van der Waals surface area contributed by atoms with Crippen LogP contribution in [-0.2, 0) is 4.79 Å². The van der Waals surface area contributed by atoms with Gasteiger partial charge in [0.15, 0.2) is 6.61 Å². The van der Waals surface area contributed by atoms with Crippen molar-refractivity contribution in [3.8, 4) is 5.75 Å². The van der Waals surface area contributed by atoms with Gasteiger partial charge >= 0.3 is 0 Å². The van der Waals surface area contributed by atoms with E-state index in [4.69, 9.17) is 22.1 Å². The summed E-state index contributed by atoms with van der Waals surface area (Å²) in [4.78, 5) is 11.4. The van der Waals surface area contributed by atoms with Crippen molar-refractivity contribution in [2.24, 2.45) is 0 Å². The third-order valence-electron chi connectivity index (χ3n) is 2.99. The van der Waals surface area contributed by atoms with Crippen molar-refractivity contribution in [3.05, 3.63) is 39.8 Å². The van der Waals surface area contributed by atoms with Gasteiger partial charge in [-0.15, -0.1) is 0 Å². The predicted octanol–water partition coefficient (Wildman–Crippen LogP) is 3.76. The Kier molecular flexibility index (Phi) is 3.65. The van der Waals surface area contributed by atoms with Crippen LogP contribution in [0.15, 0.2) is 34.8 Å². The highest BCUT2D eigenvalue weighted by Gasteiger charge is 2.18. The smallest absolute Gasteiger partial charge is 0.262 e. The molecule has 1 aliphatic rings. The summed E-state index contributed by atoms with van der Waals surface area (Å²) in [6, 6.07) is 8.81. The van der Waals surface area contributed by atoms with Crippen molar-refractivity contribution in [2.75, 3.05) is 23.0 Å². The van der Waals surface area contributed by atoms with Crippen LogP contribution in [0, 0.1) is 0 Å². The summed E-state index contributed by atoms with van der Waals surface area (Å²) >= 11 is 9.35. The normalized spacial score (nSPS) is 13.1. The second-order valence-electron chi connectivity index (χ2n) is 4.52. The van der Waals surface area contributed by atoms with Gasteiger partial charge in [-0.3, -0.25) is 4.79 Å². The van der Waals surface area contributed by atoms with Gasteiger partial charge in [-0.25, -0.2) is 0 Å². The quantitative estimate of drug-likeness (QED) is 0.706. The molecule has 0 atom stereocenters. The number of nitrogens with two attached hydrogens (primary N) is 1. The molecule has 0 unspecified atom stereocenters. The molecular formula is C14H11BrClN3O2. The highest BCUT2D eigenvalue weighted by Crippen LogP contribution is 2.37. The number of rotatable bonds is 2. The average Bonchev–Trinajstić information content (AvgIpc) is 2.43. The number of benzene rings is 2. The predicted molar refractivity (Wildman–Crippen MR) is 87.4 cm³/mol. The minimum atomic E-state index is -0.189. The average molecular weight is 369 g/mol. The molecule has 5 nitrogen and oxygen atoms in total. The van der Waals surface area contributed by atoms with Crippen LogP contribution in [-0.4, -0.2) is 12.5 Å². The summed E-state index contributed by atoms with van der Waals surface area (Å²) in [6.45, 7) is 0.00193. The Morgan fingerprint density at radius 2 is 2.10 bits per heavy atom. The summed E-state index contributed by atoms with van der Waals surface area (Å²) in [5, 5.41) is 6.57. The fourth-order valence-electron chi connectivity index (χ4n) is 1.99. The molecule has 0 aliphatic carbocycles. The molecule has 2 aromatic rings. The molecular weight excluding hydrogens is 358 g/mol. The molecule has 7 heteroatoms. The molecule has 21 heavy (non-hydrogen) atoms. The Hall–Kier alpha value is -1.92. The van der Waals surface area contributed by atoms with Crippen LogP contribution < -0.4 is 21.1 Å². The zero-order valence-corrected chi connectivity index (χ0v) is 13.1. The molecule has 108 valence electrons. The number of nitrogens with one attached hydrogen (secondary N) is 2.